The van der Waals surface area contributed by atoms with Gasteiger partial charge in [0.05, 0.1) is 13.2 Å². The molecule has 1 aromatic heterocycles. The van der Waals surface area contributed by atoms with Gasteiger partial charge in [-0.05, 0) is 24.3 Å². The van der Waals surface area contributed by atoms with Crippen molar-refractivity contribution in [2.24, 2.45) is 0 Å². The van der Waals surface area contributed by atoms with Crippen molar-refractivity contribution in [1.29, 1.82) is 0 Å². The van der Waals surface area contributed by atoms with Gasteiger partial charge in [0.2, 0.25) is 11.8 Å². The number of hydrogen-bond donors (Lipinski definition) is 0. The van der Waals surface area contributed by atoms with E-state index in [1.807, 2.05) is 23.1 Å². The molecule has 0 spiro atoms. The number of aromatic nitrogens is 1. The number of pyridine rings is 1. The SMILES string of the molecule is COCCN1CCN(C(=O)CN2CCOc3ccccc3Oc3ncccc3C(=O)N(C)CC2)CC1. The van der Waals surface area contributed by atoms with Gasteiger partial charge in [0.1, 0.15) is 12.2 Å². The normalized spacial score (nSPS) is 18.1. The summed E-state index contributed by atoms with van der Waals surface area (Å²) < 4.78 is 17.2. The second-order valence-electron chi connectivity index (χ2n) is 8.97. The Labute approximate surface area is 212 Å². The Kier molecular flexibility index (Phi) is 9.10. The zero-order valence-electron chi connectivity index (χ0n) is 21.1. The van der Waals surface area contributed by atoms with E-state index in [4.69, 9.17) is 14.2 Å². The highest BCUT2D eigenvalue weighted by atomic mass is 16.5. The zero-order valence-corrected chi connectivity index (χ0v) is 21.1. The summed E-state index contributed by atoms with van der Waals surface area (Å²) in [4.78, 5) is 38.5. The maximum absolute atomic E-state index is 13.2. The molecule has 36 heavy (non-hydrogen) atoms. The van der Waals surface area contributed by atoms with Gasteiger partial charge in [0.25, 0.3) is 5.91 Å². The fourth-order valence-electron chi connectivity index (χ4n) is 4.28. The summed E-state index contributed by atoms with van der Waals surface area (Å²) in [6, 6.07) is 10.7. The predicted molar refractivity (Wildman–Crippen MR) is 135 cm³/mol. The van der Waals surface area contributed by atoms with Crippen LogP contribution in [0.5, 0.6) is 17.4 Å². The van der Waals surface area contributed by atoms with Gasteiger partial charge in [-0.1, -0.05) is 12.1 Å². The van der Waals surface area contributed by atoms with Crippen molar-refractivity contribution < 1.29 is 23.8 Å². The Morgan fingerprint density at radius 3 is 2.50 bits per heavy atom. The Balaban J connectivity index is 1.45. The first kappa shape index (κ1) is 25.9. The first-order chi connectivity index (χ1) is 17.5. The van der Waals surface area contributed by atoms with Gasteiger partial charge < -0.3 is 24.0 Å². The number of likely N-dealkylation sites (N-methyl/N-ethyl adjacent to an activating group) is 1. The Hall–Kier alpha value is -3.21. The molecule has 0 N–H and O–H groups in total. The molecule has 2 aliphatic rings. The third-order valence-corrected chi connectivity index (χ3v) is 6.52. The van der Waals surface area contributed by atoms with Crippen molar-refractivity contribution in [2.45, 2.75) is 0 Å². The number of carbonyl (C=O) groups is 2. The van der Waals surface area contributed by atoms with Crippen LogP contribution < -0.4 is 9.47 Å². The summed E-state index contributed by atoms with van der Waals surface area (Å²) >= 11 is 0. The number of para-hydroxylation sites is 2. The molecule has 3 heterocycles. The molecule has 194 valence electrons. The van der Waals surface area contributed by atoms with Gasteiger partial charge in [0, 0.05) is 72.7 Å². The lowest BCUT2D eigenvalue weighted by molar-refractivity contribution is -0.134. The Bertz CT molecular complexity index is 1030. The lowest BCUT2D eigenvalue weighted by Crippen LogP contribution is -2.52. The summed E-state index contributed by atoms with van der Waals surface area (Å²) in [6.07, 6.45) is 1.60. The molecule has 0 unspecified atom stereocenters. The second kappa shape index (κ2) is 12.7. The van der Waals surface area contributed by atoms with Crippen LogP contribution in [0.1, 0.15) is 10.4 Å². The van der Waals surface area contributed by atoms with Crippen LogP contribution >= 0.6 is 0 Å². The molecular weight excluding hydrogens is 462 g/mol. The monoisotopic (exact) mass is 497 g/mol. The number of methoxy groups -OCH3 is 1. The fourth-order valence-corrected chi connectivity index (χ4v) is 4.28. The van der Waals surface area contributed by atoms with E-state index >= 15 is 0 Å². The van der Waals surface area contributed by atoms with Crippen molar-refractivity contribution >= 4 is 11.8 Å². The van der Waals surface area contributed by atoms with Crippen LogP contribution in [0.15, 0.2) is 42.6 Å². The number of rotatable bonds is 5. The lowest BCUT2D eigenvalue weighted by Gasteiger charge is -2.36. The fraction of sp³-hybridized carbons (Fsp3) is 0.500. The molecule has 0 aliphatic carbocycles. The molecular formula is C26H35N5O5. The first-order valence-corrected chi connectivity index (χ1v) is 12.4. The van der Waals surface area contributed by atoms with Gasteiger partial charge in [0.15, 0.2) is 11.5 Å². The molecule has 1 fully saturated rings. The largest absolute Gasteiger partial charge is 0.488 e. The Morgan fingerprint density at radius 1 is 0.972 bits per heavy atom. The minimum Gasteiger partial charge on any atom is -0.488 e. The van der Waals surface area contributed by atoms with E-state index in [1.165, 1.54) is 0 Å². The Morgan fingerprint density at radius 2 is 1.72 bits per heavy atom. The smallest absolute Gasteiger partial charge is 0.259 e. The summed E-state index contributed by atoms with van der Waals surface area (Å²) in [6.45, 7) is 6.89. The molecule has 0 bridgehead atoms. The predicted octanol–water partition coefficient (Wildman–Crippen LogP) is 1.43. The highest BCUT2D eigenvalue weighted by molar-refractivity contribution is 5.96. The molecule has 2 aliphatic heterocycles. The van der Waals surface area contributed by atoms with Crippen LogP contribution in [-0.2, 0) is 9.53 Å². The van der Waals surface area contributed by atoms with Gasteiger partial charge in [-0.3, -0.25) is 19.4 Å². The van der Waals surface area contributed by atoms with Crippen LogP contribution in [0.2, 0.25) is 0 Å². The van der Waals surface area contributed by atoms with Crippen LogP contribution in [0.25, 0.3) is 0 Å². The number of carbonyl (C=O) groups excluding carboxylic acids is 2. The van der Waals surface area contributed by atoms with Crippen molar-refractivity contribution in [1.82, 2.24) is 24.6 Å². The molecule has 4 rings (SSSR count). The number of amides is 2. The third-order valence-electron chi connectivity index (χ3n) is 6.52. The summed E-state index contributed by atoms with van der Waals surface area (Å²) in [5.41, 5.74) is 0.378. The molecule has 0 saturated carbocycles. The molecule has 2 aromatic rings. The quantitative estimate of drug-likeness (QED) is 0.613. The van der Waals surface area contributed by atoms with Crippen molar-refractivity contribution in [3.05, 3.63) is 48.2 Å². The van der Waals surface area contributed by atoms with Gasteiger partial charge in [-0.2, -0.15) is 0 Å². The van der Waals surface area contributed by atoms with E-state index in [-0.39, 0.29) is 24.2 Å². The number of benzene rings is 1. The van der Waals surface area contributed by atoms with Crippen molar-refractivity contribution in [3.63, 3.8) is 0 Å². The number of piperazine rings is 1. The first-order valence-electron chi connectivity index (χ1n) is 12.4. The average Bonchev–Trinajstić information content (AvgIpc) is 2.91. The molecule has 0 radical (unpaired) electrons. The van der Waals surface area contributed by atoms with Gasteiger partial charge in [-0.15, -0.1) is 0 Å². The lowest BCUT2D eigenvalue weighted by atomic mass is 10.2. The highest BCUT2D eigenvalue weighted by Crippen LogP contribution is 2.32. The van der Waals surface area contributed by atoms with E-state index in [1.54, 1.807) is 43.5 Å². The molecule has 2 amide bonds. The van der Waals surface area contributed by atoms with E-state index in [2.05, 4.69) is 14.8 Å². The minimum absolute atomic E-state index is 0.0953. The highest BCUT2D eigenvalue weighted by Gasteiger charge is 2.24. The zero-order chi connectivity index (χ0) is 25.3. The summed E-state index contributed by atoms with van der Waals surface area (Å²) in [7, 11) is 3.46. The summed E-state index contributed by atoms with van der Waals surface area (Å²) in [5, 5.41) is 0. The molecule has 10 nitrogen and oxygen atoms in total. The van der Waals surface area contributed by atoms with Gasteiger partial charge in [-0.25, -0.2) is 4.98 Å². The van der Waals surface area contributed by atoms with Crippen LogP contribution in [0.4, 0.5) is 0 Å². The third kappa shape index (κ3) is 6.71. The van der Waals surface area contributed by atoms with Crippen LogP contribution in [0, 0.1) is 0 Å². The number of hydrogen-bond acceptors (Lipinski definition) is 8. The maximum Gasteiger partial charge on any atom is 0.259 e. The summed E-state index contributed by atoms with van der Waals surface area (Å²) in [5.74, 6) is 1.20. The molecule has 0 atom stereocenters. The number of nitrogens with zero attached hydrogens (tertiary/aromatic N) is 5. The molecule has 10 heteroatoms. The standard InChI is InChI=1S/C26H35N5O5/c1-28-10-11-30(20-24(32)31-14-12-29(13-15-31)16-18-34-2)17-19-35-22-7-3-4-8-23(22)36-25-21(26(28)33)6-5-9-27-25/h3-9H,10-20H2,1-2H3. The topological polar surface area (TPSA) is 87.7 Å². The molecule has 1 saturated heterocycles. The molecule has 1 aromatic carbocycles. The minimum atomic E-state index is -0.186. The van der Waals surface area contributed by atoms with Crippen LogP contribution in [-0.4, -0.2) is 123 Å². The number of fused-ring (bicyclic) bond motifs is 2. The van der Waals surface area contributed by atoms with E-state index < -0.39 is 0 Å². The van der Waals surface area contributed by atoms with E-state index in [0.717, 1.165) is 19.6 Å². The maximum atomic E-state index is 13.2. The number of ether oxygens (including phenoxy) is 3. The average molecular weight is 498 g/mol. The van der Waals surface area contributed by atoms with Crippen molar-refractivity contribution in [2.75, 3.05) is 86.3 Å². The van der Waals surface area contributed by atoms with Crippen molar-refractivity contribution in [3.8, 4) is 17.4 Å². The second-order valence-corrected chi connectivity index (χ2v) is 8.97. The van der Waals surface area contributed by atoms with E-state index in [9.17, 15) is 9.59 Å². The van der Waals surface area contributed by atoms with Crippen LogP contribution in [0.3, 0.4) is 0 Å². The van der Waals surface area contributed by atoms with E-state index in [0.29, 0.717) is 63.0 Å². The van der Waals surface area contributed by atoms with Gasteiger partial charge >= 0.3 is 0 Å².